The topological polar surface area (TPSA) is 98.7 Å². The number of esters is 1. The molecule has 1 saturated heterocycles. The van der Waals surface area contributed by atoms with Crippen LogP contribution >= 0.6 is 0 Å². The van der Waals surface area contributed by atoms with Crippen LogP contribution in [-0.2, 0) is 4.74 Å². The molecule has 1 aromatic carbocycles. The number of anilines is 1. The van der Waals surface area contributed by atoms with Gasteiger partial charge in [-0.25, -0.2) is 4.79 Å². The number of hydrogen-bond acceptors (Lipinski definition) is 6. The molecule has 29 heavy (non-hydrogen) atoms. The van der Waals surface area contributed by atoms with Crippen LogP contribution in [0.4, 0.5) is 5.69 Å². The van der Waals surface area contributed by atoms with Crippen molar-refractivity contribution in [2.75, 3.05) is 32.6 Å². The first kappa shape index (κ1) is 20.6. The van der Waals surface area contributed by atoms with Gasteiger partial charge in [0.1, 0.15) is 16.9 Å². The molecule has 1 fully saturated rings. The second kappa shape index (κ2) is 8.91. The predicted molar refractivity (Wildman–Crippen MR) is 109 cm³/mol. The number of pyridine rings is 1. The van der Waals surface area contributed by atoms with E-state index in [9.17, 15) is 14.4 Å². The first-order valence-corrected chi connectivity index (χ1v) is 9.46. The minimum Gasteiger partial charge on any atom is -0.496 e. The number of methoxy groups -OCH3 is 2. The Labute approximate surface area is 168 Å². The lowest BCUT2D eigenvalue weighted by molar-refractivity contribution is 0.0597. The van der Waals surface area contributed by atoms with Gasteiger partial charge in [0.05, 0.1) is 14.2 Å². The van der Waals surface area contributed by atoms with Crippen LogP contribution in [0.2, 0.25) is 0 Å². The van der Waals surface area contributed by atoms with Crippen LogP contribution in [0.5, 0.6) is 5.75 Å². The molecule has 3 rings (SSSR count). The molecule has 1 aliphatic rings. The van der Waals surface area contributed by atoms with Gasteiger partial charge >= 0.3 is 5.97 Å². The standard InChI is InChI=1S/C21H25N3O5/c1-13-8-11-24(15-6-9-22-10-7-15)20(26)18(13)19(25)23-14-4-5-16(21(27)29-3)17(12-14)28-2/h4-5,8,11-12,15,22H,6-7,9-10H2,1-3H3,(H,23,25). The fraction of sp³-hybridized carbons (Fsp3) is 0.381. The molecule has 0 spiro atoms. The predicted octanol–water partition coefficient (Wildman–Crippen LogP) is 2.13. The molecule has 8 heteroatoms. The normalized spacial score (nSPS) is 14.3. The number of aromatic nitrogens is 1. The maximum atomic E-state index is 13.0. The van der Waals surface area contributed by atoms with E-state index in [1.165, 1.54) is 26.4 Å². The minimum absolute atomic E-state index is 0.0790. The summed E-state index contributed by atoms with van der Waals surface area (Å²) in [4.78, 5) is 37.7. The first-order valence-electron chi connectivity index (χ1n) is 9.46. The average molecular weight is 399 g/mol. The SMILES string of the molecule is COC(=O)c1ccc(NC(=O)c2c(C)ccn(C3CCNCC3)c2=O)cc1OC. The van der Waals surface area contributed by atoms with Crippen molar-refractivity contribution in [2.45, 2.75) is 25.8 Å². The molecule has 0 atom stereocenters. The fourth-order valence-corrected chi connectivity index (χ4v) is 3.53. The van der Waals surface area contributed by atoms with E-state index in [2.05, 4.69) is 10.6 Å². The van der Waals surface area contributed by atoms with Crippen molar-refractivity contribution in [1.82, 2.24) is 9.88 Å². The number of nitrogens with zero attached hydrogens (tertiary/aromatic N) is 1. The smallest absolute Gasteiger partial charge is 0.341 e. The molecule has 0 unspecified atom stereocenters. The summed E-state index contributed by atoms with van der Waals surface area (Å²) in [5, 5.41) is 6.01. The summed E-state index contributed by atoms with van der Waals surface area (Å²) < 4.78 is 11.6. The molecule has 1 amide bonds. The van der Waals surface area contributed by atoms with E-state index in [1.54, 1.807) is 29.8 Å². The Bertz CT molecular complexity index is 977. The molecule has 0 radical (unpaired) electrons. The number of nitrogens with one attached hydrogen (secondary N) is 2. The third kappa shape index (κ3) is 4.32. The van der Waals surface area contributed by atoms with Crippen LogP contribution in [0.15, 0.2) is 35.3 Å². The monoisotopic (exact) mass is 399 g/mol. The van der Waals surface area contributed by atoms with E-state index in [0.717, 1.165) is 25.9 Å². The zero-order chi connectivity index (χ0) is 21.0. The quantitative estimate of drug-likeness (QED) is 0.748. The van der Waals surface area contributed by atoms with Gasteiger partial charge in [-0.3, -0.25) is 9.59 Å². The fourth-order valence-electron chi connectivity index (χ4n) is 3.53. The van der Waals surface area contributed by atoms with Gasteiger partial charge in [-0.1, -0.05) is 0 Å². The number of ether oxygens (including phenoxy) is 2. The summed E-state index contributed by atoms with van der Waals surface area (Å²) in [7, 11) is 2.70. The highest BCUT2D eigenvalue weighted by atomic mass is 16.5. The number of hydrogen-bond donors (Lipinski definition) is 2. The van der Waals surface area contributed by atoms with E-state index in [4.69, 9.17) is 9.47 Å². The summed E-state index contributed by atoms with van der Waals surface area (Å²) in [6.45, 7) is 3.43. The Morgan fingerprint density at radius 1 is 1.17 bits per heavy atom. The third-order valence-electron chi connectivity index (χ3n) is 5.12. The second-order valence-corrected chi connectivity index (χ2v) is 6.93. The van der Waals surface area contributed by atoms with Crippen molar-refractivity contribution in [2.24, 2.45) is 0 Å². The van der Waals surface area contributed by atoms with E-state index in [1.807, 2.05) is 0 Å². The van der Waals surface area contributed by atoms with Crippen molar-refractivity contribution < 1.29 is 19.1 Å². The van der Waals surface area contributed by atoms with Crippen LogP contribution in [0.3, 0.4) is 0 Å². The first-order chi connectivity index (χ1) is 14.0. The number of rotatable bonds is 5. The zero-order valence-electron chi connectivity index (χ0n) is 16.8. The van der Waals surface area contributed by atoms with E-state index < -0.39 is 11.9 Å². The van der Waals surface area contributed by atoms with E-state index in [-0.39, 0.29) is 28.5 Å². The summed E-state index contributed by atoms with van der Waals surface area (Å²) >= 11 is 0. The highest BCUT2D eigenvalue weighted by molar-refractivity contribution is 6.05. The van der Waals surface area contributed by atoms with Gasteiger partial charge < -0.3 is 24.7 Å². The number of amides is 1. The average Bonchev–Trinajstić information content (AvgIpc) is 2.73. The molecule has 2 aromatic rings. The number of benzene rings is 1. The lowest BCUT2D eigenvalue weighted by Gasteiger charge is -2.25. The van der Waals surface area contributed by atoms with Crippen molar-refractivity contribution in [3.8, 4) is 5.75 Å². The molecule has 154 valence electrons. The van der Waals surface area contributed by atoms with Gasteiger partial charge in [0, 0.05) is 24.0 Å². The van der Waals surface area contributed by atoms with Gasteiger partial charge in [-0.15, -0.1) is 0 Å². The van der Waals surface area contributed by atoms with Gasteiger partial charge in [0.2, 0.25) is 0 Å². The molecule has 0 saturated carbocycles. The van der Waals surface area contributed by atoms with Crippen LogP contribution in [-0.4, -0.2) is 43.8 Å². The Balaban J connectivity index is 1.89. The molecule has 0 bridgehead atoms. The molecular formula is C21H25N3O5. The number of carbonyl (C=O) groups is 2. The van der Waals surface area contributed by atoms with Gasteiger partial charge in [-0.2, -0.15) is 0 Å². The maximum Gasteiger partial charge on any atom is 0.341 e. The molecule has 1 aliphatic heterocycles. The van der Waals surface area contributed by atoms with E-state index >= 15 is 0 Å². The van der Waals surface area contributed by atoms with Crippen molar-refractivity contribution in [1.29, 1.82) is 0 Å². The van der Waals surface area contributed by atoms with Crippen LogP contribution in [0.25, 0.3) is 0 Å². The summed E-state index contributed by atoms with van der Waals surface area (Å²) in [5.74, 6) is -0.765. The highest BCUT2D eigenvalue weighted by Gasteiger charge is 2.22. The van der Waals surface area contributed by atoms with Crippen LogP contribution < -0.4 is 20.9 Å². The van der Waals surface area contributed by atoms with Crippen LogP contribution in [0.1, 0.15) is 45.2 Å². The number of carbonyl (C=O) groups excluding carboxylic acids is 2. The summed E-state index contributed by atoms with van der Waals surface area (Å²) in [5.41, 5.74) is 1.08. The summed E-state index contributed by atoms with van der Waals surface area (Å²) in [6, 6.07) is 6.46. The number of aryl methyl sites for hydroxylation is 1. The van der Waals surface area contributed by atoms with Crippen molar-refractivity contribution in [3.63, 3.8) is 0 Å². The van der Waals surface area contributed by atoms with Crippen molar-refractivity contribution >= 4 is 17.6 Å². The zero-order valence-corrected chi connectivity index (χ0v) is 16.8. The van der Waals surface area contributed by atoms with Gasteiger partial charge in [0.15, 0.2) is 0 Å². The lowest BCUT2D eigenvalue weighted by Crippen LogP contribution is -2.37. The highest BCUT2D eigenvalue weighted by Crippen LogP contribution is 2.24. The maximum absolute atomic E-state index is 13.0. The minimum atomic E-state index is -0.538. The molecule has 8 nitrogen and oxygen atoms in total. The Hall–Kier alpha value is -3.13. The molecule has 1 aromatic heterocycles. The third-order valence-corrected chi connectivity index (χ3v) is 5.12. The molecular weight excluding hydrogens is 374 g/mol. The molecule has 2 N–H and O–H groups in total. The van der Waals surface area contributed by atoms with Crippen LogP contribution in [0, 0.1) is 6.92 Å². The second-order valence-electron chi connectivity index (χ2n) is 6.93. The molecule has 2 heterocycles. The lowest BCUT2D eigenvalue weighted by atomic mass is 10.0. The van der Waals surface area contributed by atoms with E-state index in [0.29, 0.717) is 11.3 Å². The Morgan fingerprint density at radius 2 is 1.90 bits per heavy atom. The molecule has 0 aliphatic carbocycles. The number of piperidine rings is 1. The Kier molecular flexibility index (Phi) is 6.33. The van der Waals surface area contributed by atoms with Crippen molar-refractivity contribution in [3.05, 3.63) is 57.5 Å². The summed E-state index contributed by atoms with van der Waals surface area (Å²) in [6.07, 6.45) is 3.45. The largest absolute Gasteiger partial charge is 0.496 e. The Morgan fingerprint density at radius 3 is 2.55 bits per heavy atom. The van der Waals surface area contributed by atoms with Gasteiger partial charge in [0.25, 0.3) is 11.5 Å². The van der Waals surface area contributed by atoms with Gasteiger partial charge in [-0.05, 0) is 56.6 Å².